The Labute approximate surface area is 135 Å². The Morgan fingerprint density at radius 3 is 2.76 bits per heavy atom. The molecule has 0 atom stereocenters. The summed E-state index contributed by atoms with van der Waals surface area (Å²) in [6.45, 7) is 0.450. The van der Waals surface area contributed by atoms with Crippen LogP contribution in [-0.4, -0.2) is 15.4 Å². The van der Waals surface area contributed by atoms with Crippen molar-refractivity contribution in [1.82, 2.24) is 9.55 Å². The van der Waals surface area contributed by atoms with Crippen molar-refractivity contribution in [3.05, 3.63) is 64.1 Å². The van der Waals surface area contributed by atoms with Crippen LogP contribution in [0.2, 0.25) is 0 Å². The van der Waals surface area contributed by atoms with Gasteiger partial charge in [-0.25, -0.2) is 9.37 Å². The van der Waals surface area contributed by atoms with Gasteiger partial charge in [-0.2, -0.15) is 0 Å². The number of aryl methyl sites for hydroxylation is 1. The molecule has 0 aliphatic carbocycles. The fourth-order valence-corrected chi connectivity index (χ4v) is 2.91. The van der Waals surface area contributed by atoms with Crippen molar-refractivity contribution in [2.45, 2.75) is 13.0 Å². The minimum Gasteiger partial charge on any atom is -0.323 e. The first-order valence-corrected chi connectivity index (χ1v) is 7.96. The fraction of sp³-hybridized carbons (Fsp3) is 0.188. The van der Waals surface area contributed by atoms with Crippen molar-refractivity contribution in [1.29, 1.82) is 0 Å². The summed E-state index contributed by atoms with van der Waals surface area (Å²) in [5.41, 5.74) is 2.52. The Morgan fingerprint density at radius 1 is 1.19 bits per heavy atom. The zero-order valence-electron chi connectivity index (χ0n) is 11.2. The zero-order chi connectivity index (χ0) is 14.8. The first kappa shape index (κ1) is 14.5. The number of rotatable bonds is 4. The topological polar surface area (TPSA) is 17.8 Å². The molecule has 0 amide bonds. The molecule has 1 aromatic heterocycles. The molecule has 5 heteroatoms. The molecule has 0 saturated carbocycles. The zero-order valence-corrected chi connectivity index (χ0v) is 13.5. The van der Waals surface area contributed by atoms with Gasteiger partial charge in [0.25, 0.3) is 0 Å². The summed E-state index contributed by atoms with van der Waals surface area (Å²) in [7, 11) is 0. The van der Waals surface area contributed by atoms with Crippen LogP contribution in [0, 0.1) is 5.82 Å². The van der Waals surface area contributed by atoms with E-state index >= 15 is 0 Å². The van der Waals surface area contributed by atoms with Crippen LogP contribution in [0.5, 0.6) is 0 Å². The molecule has 0 radical (unpaired) electrons. The third-order valence-corrected chi connectivity index (χ3v) is 4.08. The number of hydrogen-bond donors (Lipinski definition) is 0. The number of aromatic nitrogens is 2. The summed E-state index contributed by atoms with van der Waals surface area (Å²) in [6, 6.07) is 12.7. The highest BCUT2D eigenvalue weighted by atomic mass is 79.9. The van der Waals surface area contributed by atoms with Crippen LogP contribution >= 0.6 is 27.5 Å². The van der Waals surface area contributed by atoms with Crippen LogP contribution in [0.1, 0.15) is 11.4 Å². The summed E-state index contributed by atoms with van der Waals surface area (Å²) in [4.78, 5) is 4.60. The van der Waals surface area contributed by atoms with E-state index in [1.54, 1.807) is 12.1 Å². The normalized spacial score (nSPS) is 11.2. The number of fused-ring (bicyclic) bond motifs is 1. The maximum absolute atomic E-state index is 13.9. The number of hydrogen-bond acceptors (Lipinski definition) is 1. The summed E-state index contributed by atoms with van der Waals surface area (Å²) >= 11 is 9.34. The Balaban J connectivity index is 2.12. The third kappa shape index (κ3) is 2.97. The molecule has 2 nitrogen and oxygen atoms in total. The number of imidazole rings is 1. The minimum atomic E-state index is -0.203. The van der Waals surface area contributed by atoms with Gasteiger partial charge in [-0.3, -0.25) is 0 Å². The van der Waals surface area contributed by atoms with Gasteiger partial charge in [0.1, 0.15) is 11.6 Å². The quantitative estimate of drug-likeness (QED) is 0.608. The van der Waals surface area contributed by atoms with E-state index in [1.807, 2.05) is 28.8 Å². The maximum atomic E-state index is 13.9. The molecule has 0 aliphatic rings. The Hall–Kier alpha value is -1.39. The Morgan fingerprint density at radius 2 is 2.00 bits per heavy atom. The van der Waals surface area contributed by atoms with Crippen LogP contribution < -0.4 is 0 Å². The molecule has 0 saturated heterocycles. The van der Waals surface area contributed by atoms with E-state index in [4.69, 9.17) is 11.6 Å². The highest BCUT2D eigenvalue weighted by molar-refractivity contribution is 9.10. The van der Waals surface area contributed by atoms with Crippen molar-refractivity contribution >= 4 is 38.6 Å². The lowest BCUT2D eigenvalue weighted by Gasteiger charge is -2.09. The van der Waals surface area contributed by atoms with Crippen molar-refractivity contribution in [2.24, 2.45) is 0 Å². The van der Waals surface area contributed by atoms with E-state index in [2.05, 4.69) is 20.9 Å². The SMILES string of the molecule is Fc1ccccc1Cn1c(CCCl)nc2ccc(Br)cc21. The molecule has 1 heterocycles. The van der Waals surface area contributed by atoms with Crippen molar-refractivity contribution in [3.63, 3.8) is 0 Å². The monoisotopic (exact) mass is 366 g/mol. The maximum Gasteiger partial charge on any atom is 0.128 e. The molecule has 0 fully saturated rings. The molecule has 0 unspecified atom stereocenters. The summed E-state index contributed by atoms with van der Waals surface area (Å²) in [5, 5.41) is 0. The Bertz CT molecular complexity index is 785. The van der Waals surface area contributed by atoms with Crippen molar-refractivity contribution in [3.8, 4) is 0 Å². The standard InChI is InChI=1S/C16H13BrClFN2/c17-12-5-6-14-15(9-12)21(16(20-14)7-8-18)10-11-3-1-2-4-13(11)19/h1-6,9H,7-8,10H2. The molecular formula is C16H13BrClFN2. The van der Waals surface area contributed by atoms with E-state index in [-0.39, 0.29) is 5.82 Å². The van der Waals surface area contributed by atoms with Gasteiger partial charge < -0.3 is 4.57 Å². The smallest absolute Gasteiger partial charge is 0.128 e. The first-order chi connectivity index (χ1) is 10.2. The van der Waals surface area contributed by atoms with Gasteiger partial charge in [0.2, 0.25) is 0 Å². The summed E-state index contributed by atoms with van der Waals surface area (Å²) < 4.78 is 16.9. The minimum absolute atomic E-state index is 0.203. The number of halogens is 3. The highest BCUT2D eigenvalue weighted by Crippen LogP contribution is 2.23. The molecule has 0 N–H and O–H groups in total. The largest absolute Gasteiger partial charge is 0.323 e. The second kappa shape index (κ2) is 6.16. The van der Waals surface area contributed by atoms with Gasteiger partial charge in [0, 0.05) is 22.3 Å². The predicted octanol–water partition coefficient (Wildman–Crippen LogP) is 4.77. The van der Waals surface area contributed by atoms with Crippen LogP contribution in [0.15, 0.2) is 46.9 Å². The van der Waals surface area contributed by atoms with E-state index in [0.717, 1.165) is 21.3 Å². The molecule has 108 valence electrons. The molecule has 21 heavy (non-hydrogen) atoms. The van der Waals surface area contributed by atoms with E-state index in [0.29, 0.717) is 24.4 Å². The number of alkyl halides is 1. The van der Waals surface area contributed by atoms with E-state index < -0.39 is 0 Å². The lowest BCUT2D eigenvalue weighted by molar-refractivity contribution is 0.598. The van der Waals surface area contributed by atoms with Gasteiger partial charge in [-0.1, -0.05) is 34.1 Å². The lowest BCUT2D eigenvalue weighted by atomic mass is 10.2. The van der Waals surface area contributed by atoms with E-state index in [1.165, 1.54) is 6.07 Å². The molecule has 2 aromatic carbocycles. The molecule has 3 aromatic rings. The van der Waals surface area contributed by atoms with Gasteiger partial charge in [-0.05, 0) is 24.3 Å². The average Bonchev–Trinajstić information content (AvgIpc) is 2.79. The first-order valence-electron chi connectivity index (χ1n) is 6.63. The van der Waals surface area contributed by atoms with Crippen LogP contribution in [0.25, 0.3) is 11.0 Å². The molecule has 3 rings (SSSR count). The summed E-state index contributed by atoms with van der Waals surface area (Å²) in [6.07, 6.45) is 0.655. The molecule has 0 aliphatic heterocycles. The van der Waals surface area contributed by atoms with Gasteiger partial charge >= 0.3 is 0 Å². The molecule has 0 spiro atoms. The van der Waals surface area contributed by atoms with Crippen LogP contribution in [0.4, 0.5) is 4.39 Å². The van der Waals surface area contributed by atoms with Gasteiger partial charge in [0.15, 0.2) is 0 Å². The van der Waals surface area contributed by atoms with Crippen LogP contribution in [0.3, 0.4) is 0 Å². The van der Waals surface area contributed by atoms with E-state index in [9.17, 15) is 4.39 Å². The fourth-order valence-electron chi connectivity index (χ4n) is 2.39. The number of benzene rings is 2. The van der Waals surface area contributed by atoms with Gasteiger partial charge in [-0.15, -0.1) is 11.6 Å². The summed E-state index contributed by atoms with van der Waals surface area (Å²) in [5.74, 6) is 1.16. The van der Waals surface area contributed by atoms with Gasteiger partial charge in [0.05, 0.1) is 17.6 Å². The van der Waals surface area contributed by atoms with Crippen LogP contribution in [-0.2, 0) is 13.0 Å². The molecular weight excluding hydrogens is 355 g/mol. The van der Waals surface area contributed by atoms with Crippen molar-refractivity contribution in [2.75, 3.05) is 5.88 Å². The second-order valence-corrected chi connectivity index (χ2v) is 6.07. The highest BCUT2D eigenvalue weighted by Gasteiger charge is 2.12. The molecule has 0 bridgehead atoms. The average molecular weight is 368 g/mol. The Kier molecular flexibility index (Phi) is 4.27. The second-order valence-electron chi connectivity index (χ2n) is 4.78. The predicted molar refractivity (Wildman–Crippen MR) is 87.4 cm³/mol. The van der Waals surface area contributed by atoms with Crippen molar-refractivity contribution < 1.29 is 4.39 Å². The number of nitrogens with zero attached hydrogens (tertiary/aromatic N) is 2. The third-order valence-electron chi connectivity index (χ3n) is 3.39. The lowest BCUT2D eigenvalue weighted by Crippen LogP contribution is -2.07.